The Morgan fingerprint density at radius 1 is 1.23 bits per heavy atom. The first kappa shape index (κ1) is 22.9. The van der Waals surface area contributed by atoms with Crippen LogP contribution in [0.5, 0.6) is 0 Å². The van der Waals surface area contributed by atoms with Crippen LogP contribution in [-0.4, -0.2) is 30.8 Å². The fourth-order valence-corrected chi connectivity index (χ4v) is 3.68. The Balaban J connectivity index is 1.95. The molecule has 2 aromatic rings. The van der Waals surface area contributed by atoms with E-state index in [0.29, 0.717) is 11.1 Å². The number of halogens is 5. The van der Waals surface area contributed by atoms with Crippen LogP contribution in [0, 0.1) is 6.92 Å². The van der Waals surface area contributed by atoms with Gasteiger partial charge in [-0.3, -0.25) is 4.79 Å². The minimum Gasteiger partial charge on any atom is -0.374 e. The van der Waals surface area contributed by atoms with Crippen molar-refractivity contribution in [2.45, 2.75) is 25.1 Å². The van der Waals surface area contributed by atoms with E-state index in [1.807, 2.05) is 0 Å². The molecular formula is C20H17Cl2F3N4O2. The molecule has 0 fully saturated rings. The van der Waals surface area contributed by atoms with E-state index in [1.165, 1.54) is 31.3 Å². The third-order valence-electron chi connectivity index (χ3n) is 4.78. The second-order valence-electron chi connectivity index (χ2n) is 6.87. The zero-order valence-electron chi connectivity index (χ0n) is 16.3. The summed E-state index contributed by atoms with van der Waals surface area (Å²) in [6.07, 6.45) is -5.39. The Bertz CT molecular complexity index is 1080. The van der Waals surface area contributed by atoms with Crippen molar-refractivity contribution in [1.29, 1.82) is 0 Å². The van der Waals surface area contributed by atoms with E-state index < -0.39 is 24.1 Å². The quantitative estimate of drug-likeness (QED) is 0.506. The summed E-state index contributed by atoms with van der Waals surface area (Å²) >= 11 is 11.8. The summed E-state index contributed by atoms with van der Waals surface area (Å²) in [5, 5.41) is 6.33. The summed E-state index contributed by atoms with van der Waals surface area (Å²) in [5.41, 5.74) is 3.70. The molecule has 1 aliphatic heterocycles. The van der Waals surface area contributed by atoms with Crippen molar-refractivity contribution >= 4 is 40.8 Å². The lowest BCUT2D eigenvalue weighted by molar-refractivity contribution is -0.275. The van der Waals surface area contributed by atoms with Gasteiger partial charge < -0.3 is 15.9 Å². The van der Waals surface area contributed by atoms with Gasteiger partial charge in [-0.15, -0.1) is 0 Å². The summed E-state index contributed by atoms with van der Waals surface area (Å²) in [7, 11) is 1.51. The van der Waals surface area contributed by atoms with Gasteiger partial charge in [0.1, 0.15) is 0 Å². The van der Waals surface area contributed by atoms with Crippen LogP contribution >= 0.6 is 23.2 Å². The second-order valence-corrected chi connectivity index (χ2v) is 7.74. The predicted octanol–water partition coefficient (Wildman–Crippen LogP) is 4.56. The monoisotopic (exact) mass is 472 g/mol. The number of oxime groups is 1. The van der Waals surface area contributed by atoms with Crippen LogP contribution in [0.2, 0.25) is 10.0 Å². The van der Waals surface area contributed by atoms with Gasteiger partial charge in [0.25, 0.3) is 11.5 Å². The average molecular weight is 473 g/mol. The Morgan fingerprint density at radius 3 is 2.42 bits per heavy atom. The topological polar surface area (TPSA) is 89.1 Å². The number of nitrogens with two attached hydrogens (primary N) is 1. The second kappa shape index (κ2) is 8.39. The molecule has 1 atom stereocenters. The first-order valence-corrected chi connectivity index (χ1v) is 9.68. The van der Waals surface area contributed by atoms with Crippen molar-refractivity contribution < 1.29 is 22.8 Å². The number of amides is 1. The largest absolute Gasteiger partial charge is 0.435 e. The Morgan fingerprint density at radius 2 is 1.87 bits per heavy atom. The van der Waals surface area contributed by atoms with Crippen molar-refractivity contribution in [2.24, 2.45) is 15.9 Å². The van der Waals surface area contributed by atoms with Gasteiger partial charge in [-0.25, -0.2) is 0 Å². The zero-order valence-corrected chi connectivity index (χ0v) is 17.9. The molecule has 0 bridgehead atoms. The highest BCUT2D eigenvalue weighted by Gasteiger charge is 2.62. The molecule has 0 aromatic heterocycles. The summed E-state index contributed by atoms with van der Waals surface area (Å²) < 4.78 is 42.3. The van der Waals surface area contributed by atoms with Crippen LogP contribution in [0.25, 0.3) is 0 Å². The molecule has 2 aromatic carbocycles. The van der Waals surface area contributed by atoms with Gasteiger partial charge in [0.05, 0.1) is 5.71 Å². The van der Waals surface area contributed by atoms with Crippen molar-refractivity contribution in [3.05, 3.63) is 68.7 Å². The first-order chi connectivity index (χ1) is 14.5. The molecule has 0 saturated carbocycles. The number of benzene rings is 2. The van der Waals surface area contributed by atoms with E-state index in [4.69, 9.17) is 33.8 Å². The lowest BCUT2D eigenvalue weighted by Gasteiger charge is -2.29. The number of aryl methyl sites for hydroxylation is 1. The van der Waals surface area contributed by atoms with E-state index in [0.717, 1.165) is 12.1 Å². The molecule has 3 N–H and O–H groups in total. The third-order valence-corrected chi connectivity index (χ3v) is 5.22. The highest BCUT2D eigenvalue weighted by Crippen LogP contribution is 2.49. The highest BCUT2D eigenvalue weighted by atomic mass is 35.5. The number of carbonyl (C=O) groups excluding carboxylic acids is 1. The fraction of sp³-hybridized carbons (Fsp3) is 0.250. The van der Waals surface area contributed by atoms with Crippen LogP contribution < -0.4 is 11.1 Å². The van der Waals surface area contributed by atoms with E-state index in [1.54, 1.807) is 6.92 Å². The van der Waals surface area contributed by atoms with E-state index >= 15 is 0 Å². The molecule has 31 heavy (non-hydrogen) atoms. The van der Waals surface area contributed by atoms with Crippen LogP contribution in [0.15, 0.2) is 46.5 Å². The molecule has 1 aliphatic rings. The number of aliphatic imine (C=N–C) groups is 1. The van der Waals surface area contributed by atoms with Gasteiger partial charge >= 0.3 is 6.18 Å². The van der Waals surface area contributed by atoms with Crippen LogP contribution in [0.4, 0.5) is 13.2 Å². The number of hydrogen-bond acceptors (Lipinski definition) is 3. The number of nitrogens with one attached hydrogen (secondary N) is 1. The Labute approximate surface area is 185 Å². The normalized spacial score (nSPS) is 19.1. The lowest BCUT2D eigenvalue weighted by Crippen LogP contribution is -2.42. The van der Waals surface area contributed by atoms with Gasteiger partial charge in [-0.05, 0) is 48.4 Å². The number of nitrogens with zero attached hydrogens (tertiary/aromatic N) is 2. The van der Waals surface area contributed by atoms with Gasteiger partial charge in [-0.1, -0.05) is 34.4 Å². The van der Waals surface area contributed by atoms with E-state index in [-0.39, 0.29) is 32.8 Å². The molecule has 164 valence electrons. The van der Waals surface area contributed by atoms with Crippen molar-refractivity contribution in [3.8, 4) is 0 Å². The third kappa shape index (κ3) is 4.47. The number of guanidine groups is 1. The van der Waals surface area contributed by atoms with Crippen LogP contribution in [0.1, 0.15) is 33.5 Å². The lowest BCUT2D eigenvalue weighted by atomic mass is 9.86. The van der Waals surface area contributed by atoms with E-state index in [9.17, 15) is 18.0 Å². The van der Waals surface area contributed by atoms with Crippen molar-refractivity contribution in [3.63, 3.8) is 0 Å². The minimum atomic E-state index is -4.80. The number of alkyl halides is 3. The van der Waals surface area contributed by atoms with Gasteiger partial charge in [-0.2, -0.15) is 18.2 Å². The maximum absolute atomic E-state index is 14.1. The van der Waals surface area contributed by atoms with Gasteiger partial charge in [0, 0.05) is 34.6 Å². The Hall–Kier alpha value is -2.78. The molecule has 6 nitrogen and oxygen atoms in total. The average Bonchev–Trinajstić information content (AvgIpc) is 3.13. The summed E-state index contributed by atoms with van der Waals surface area (Å²) in [6.45, 7) is 1.63. The highest BCUT2D eigenvalue weighted by molar-refractivity contribution is 6.34. The number of rotatable bonds is 3. The smallest absolute Gasteiger partial charge is 0.374 e. The molecule has 1 heterocycles. The van der Waals surface area contributed by atoms with Gasteiger partial charge in [0.2, 0.25) is 0 Å². The number of hydrogen-bond donors (Lipinski definition) is 2. The maximum atomic E-state index is 14.1. The molecule has 0 aliphatic carbocycles. The van der Waals surface area contributed by atoms with Crippen molar-refractivity contribution in [1.82, 2.24) is 5.32 Å². The zero-order chi connectivity index (χ0) is 23.0. The Kier molecular flexibility index (Phi) is 6.20. The summed E-state index contributed by atoms with van der Waals surface area (Å²) in [5.74, 6) is -0.643. The summed E-state index contributed by atoms with van der Waals surface area (Å²) in [4.78, 5) is 20.9. The van der Waals surface area contributed by atoms with Crippen LogP contribution in [0.3, 0.4) is 0 Å². The van der Waals surface area contributed by atoms with Crippen LogP contribution in [-0.2, 0) is 10.4 Å². The molecule has 1 unspecified atom stereocenters. The minimum absolute atomic E-state index is 0.0447. The fourth-order valence-electron chi connectivity index (χ4n) is 3.15. The molecular weight excluding hydrogens is 456 g/mol. The molecule has 3 rings (SSSR count). The molecule has 0 saturated heterocycles. The molecule has 0 spiro atoms. The van der Waals surface area contributed by atoms with Crippen molar-refractivity contribution in [2.75, 3.05) is 7.05 Å². The molecule has 1 amide bonds. The molecule has 0 radical (unpaired) electrons. The maximum Gasteiger partial charge on any atom is 0.435 e. The van der Waals surface area contributed by atoms with E-state index in [2.05, 4.69) is 15.5 Å². The molecule has 11 heteroatoms. The summed E-state index contributed by atoms with van der Waals surface area (Å²) in [6, 6.07) is 8.09. The SMILES string of the molecule is CNC(N)=NC(=O)c1ccc(C2=NOC(c3cc(Cl)cc(Cl)c3)(C(F)(F)F)C2)cc1C. The first-order valence-electron chi connectivity index (χ1n) is 8.92. The van der Waals surface area contributed by atoms with Gasteiger partial charge in [0.15, 0.2) is 5.96 Å². The predicted molar refractivity (Wildman–Crippen MR) is 113 cm³/mol. The standard InChI is InChI=1S/C20H17Cl2F3N4O2/c1-10-5-11(3-4-15(10)17(30)28-18(26)27-2)16-9-19(31-29-16,20(23,24)25)12-6-13(21)8-14(22)7-12/h3-8H,9H2,1-2H3,(H3,26,27,28,30). The number of carbonyl (C=O) groups is 1.